The topological polar surface area (TPSA) is 41.5 Å². The van der Waals surface area contributed by atoms with Crippen molar-refractivity contribution in [2.24, 2.45) is 0 Å². The molecule has 86 valence electrons. The number of hydrogen-bond donors (Lipinski definition) is 2. The molecule has 0 radical (unpaired) electrons. The monoisotopic (exact) mass is 203 g/mol. The van der Waals surface area contributed by atoms with Gasteiger partial charge < -0.3 is 15.2 Å². The standard InChI is InChI=1S/C11H25NO2/c1-2-3-10-14-11-6-8-12-7-4-5-9-13/h12-13H,2-11H2,1H3. The van der Waals surface area contributed by atoms with Crippen molar-refractivity contribution < 1.29 is 9.84 Å². The van der Waals surface area contributed by atoms with Gasteiger partial charge in [-0.1, -0.05) is 13.3 Å². The predicted octanol–water partition coefficient (Wildman–Crippen LogP) is 1.56. The maximum Gasteiger partial charge on any atom is 0.0478 e. The molecule has 0 aromatic rings. The van der Waals surface area contributed by atoms with Crippen LogP contribution in [0.15, 0.2) is 0 Å². The minimum atomic E-state index is 0.307. The zero-order chi connectivity index (χ0) is 10.5. The first-order valence-corrected chi connectivity index (χ1v) is 5.81. The summed E-state index contributed by atoms with van der Waals surface area (Å²) in [6, 6.07) is 0. The summed E-state index contributed by atoms with van der Waals surface area (Å²) >= 11 is 0. The van der Waals surface area contributed by atoms with Gasteiger partial charge in [-0.2, -0.15) is 0 Å². The van der Waals surface area contributed by atoms with Crippen LogP contribution in [0.1, 0.15) is 39.0 Å². The van der Waals surface area contributed by atoms with E-state index < -0.39 is 0 Å². The molecular weight excluding hydrogens is 178 g/mol. The molecule has 0 unspecified atom stereocenters. The van der Waals surface area contributed by atoms with Gasteiger partial charge in [0.2, 0.25) is 0 Å². The lowest BCUT2D eigenvalue weighted by Gasteiger charge is -2.04. The highest BCUT2D eigenvalue weighted by atomic mass is 16.5. The van der Waals surface area contributed by atoms with Crippen molar-refractivity contribution in [1.82, 2.24) is 5.32 Å². The van der Waals surface area contributed by atoms with Gasteiger partial charge in [0.15, 0.2) is 0 Å². The lowest BCUT2D eigenvalue weighted by atomic mass is 10.3. The molecule has 0 aliphatic rings. The quantitative estimate of drug-likeness (QED) is 0.501. The Balaban J connectivity index is 2.78. The molecule has 0 bridgehead atoms. The Morgan fingerprint density at radius 3 is 2.43 bits per heavy atom. The molecule has 0 fully saturated rings. The summed E-state index contributed by atoms with van der Waals surface area (Å²) in [5, 5.41) is 11.9. The van der Waals surface area contributed by atoms with Crippen LogP contribution in [0.5, 0.6) is 0 Å². The van der Waals surface area contributed by atoms with Crippen LogP contribution in [0.25, 0.3) is 0 Å². The van der Waals surface area contributed by atoms with E-state index in [0.717, 1.165) is 45.6 Å². The number of aliphatic hydroxyl groups excluding tert-OH is 1. The number of rotatable bonds is 11. The first-order valence-electron chi connectivity index (χ1n) is 5.81. The molecule has 0 saturated carbocycles. The average Bonchev–Trinajstić information content (AvgIpc) is 2.21. The molecule has 0 aromatic heterocycles. The fourth-order valence-corrected chi connectivity index (χ4v) is 1.13. The number of hydrogen-bond acceptors (Lipinski definition) is 3. The van der Waals surface area contributed by atoms with Crippen LogP contribution >= 0.6 is 0 Å². The summed E-state index contributed by atoms with van der Waals surface area (Å²) in [7, 11) is 0. The number of unbranched alkanes of at least 4 members (excludes halogenated alkanes) is 2. The Kier molecular flexibility index (Phi) is 12.8. The second-order valence-electron chi connectivity index (χ2n) is 3.50. The van der Waals surface area contributed by atoms with Crippen LogP contribution in [0.2, 0.25) is 0 Å². The van der Waals surface area contributed by atoms with Crippen LogP contribution < -0.4 is 5.32 Å². The summed E-state index contributed by atoms with van der Waals surface area (Å²) in [4.78, 5) is 0. The molecule has 0 spiro atoms. The summed E-state index contributed by atoms with van der Waals surface area (Å²) in [5.41, 5.74) is 0. The summed E-state index contributed by atoms with van der Waals surface area (Å²) in [5.74, 6) is 0. The van der Waals surface area contributed by atoms with E-state index in [1.165, 1.54) is 12.8 Å². The van der Waals surface area contributed by atoms with E-state index in [1.54, 1.807) is 0 Å². The molecule has 0 aliphatic carbocycles. The molecule has 0 amide bonds. The van der Waals surface area contributed by atoms with E-state index in [2.05, 4.69) is 12.2 Å². The Hall–Kier alpha value is -0.120. The normalized spacial score (nSPS) is 10.7. The van der Waals surface area contributed by atoms with Gasteiger partial charge in [0.1, 0.15) is 0 Å². The second kappa shape index (κ2) is 12.9. The van der Waals surface area contributed by atoms with Crippen molar-refractivity contribution >= 4 is 0 Å². The third-order valence-corrected chi connectivity index (χ3v) is 2.05. The lowest BCUT2D eigenvalue weighted by molar-refractivity contribution is 0.129. The Labute approximate surface area is 87.8 Å². The highest BCUT2D eigenvalue weighted by Crippen LogP contribution is 1.89. The van der Waals surface area contributed by atoms with Crippen molar-refractivity contribution in [3.8, 4) is 0 Å². The third-order valence-electron chi connectivity index (χ3n) is 2.05. The molecular formula is C11H25NO2. The Bertz CT molecular complexity index is 87.3. The van der Waals surface area contributed by atoms with Gasteiger partial charge >= 0.3 is 0 Å². The Morgan fingerprint density at radius 2 is 1.71 bits per heavy atom. The summed E-state index contributed by atoms with van der Waals surface area (Å²) in [6.45, 7) is 6.29. The van der Waals surface area contributed by atoms with E-state index in [9.17, 15) is 0 Å². The number of ether oxygens (including phenoxy) is 1. The van der Waals surface area contributed by atoms with Crippen molar-refractivity contribution in [1.29, 1.82) is 0 Å². The van der Waals surface area contributed by atoms with Gasteiger partial charge in [0.05, 0.1) is 0 Å². The first kappa shape index (κ1) is 13.9. The van der Waals surface area contributed by atoms with E-state index in [0.29, 0.717) is 6.61 Å². The third kappa shape index (κ3) is 11.9. The van der Waals surface area contributed by atoms with E-state index in [1.807, 2.05) is 0 Å². The summed E-state index contributed by atoms with van der Waals surface area (Å²) < 4.78 is 5.42. The van der Waals surface area contributed by atoms with E-state index in [4.69, 9.17) is 9.84 Å². The minimum Gasteiger partial charge on any atom is -0.396 e. The molecule has 0 aliphatic heterocycles. The van der Waals surface area contributed by atoms with Gasteiger partial charge in [0.25, 0.3) is 0 Å². The number of aliphatic hydroxyl groups is 1. The van der Waals surface area contributed by atoms with Crippen molar-refractivity contribution in [3.05, 3.63) is 0 Å². The molecule has 0 atom stereocenters. The maximum absolute atomic E-state index is 8.54. The van der Waals surface area contributed by atoms with Crippen LogP contribution in [-0.2, 0) is 4.74 Å². The van der Waals surface area contributed by atoms with Gasteiger partial charge in [-0.15, -0.1) is 0 Å². The first-order chi connectivity index (χ1) is 6.91. The SMILES string of the molecule is CCCCOCCCNCCCCO. The highest BCUT2D eigenvalue weighted by Gasteiger charge is 1.90. The smallest absolute Gasteiger partial charge is 0.0478 e. The van der Waals surface area contributed by atoms with Crippen LogP contribution in [-0.4, -0.2) is 38.0 Å². The van der Waals surface area contributed by atoms with Crippen LogP contribution in [0.3, 0.4) is 0 Å². The molecule has 0 heterocycles. The minimum absolute atomic E-state index is 0.307. The lowest BCUT2D eigenvalue weighted by Crippen LogP contribution is -2.18. The van der Waals surface area contributed by atoms with E-state index in [-0.39, 0.29) is 0 Å². The highest BCUT2D eigenvalue weighted by molar-refractivity contribution is 4.48. The fraction of sp³-hybridized carbons (Fsp3) is 1.00. The zero-order valence-corrected chi connectivity index (χ0v) is 9.43. The van der Waals surface area contributed by atoms with Crippen molar-refractivity contribution in [3.63, 3.8) is 0 Å². The Morgan fingerprint density at radius 1 is 1.00 bits per heavy atom. The largest absolute Gasteiger partial charge is 0.396 e. The van der Waals surface area contributed by atoms with Crippen molar-refractivity contribution in [2.45, 2.75) is 39.0 Å². The molecule has 0 rings (SSSR count). The second-order valence-corrected chi connectivity index (χ2v) is 3.50. The van der Waals surface area contributed by atoms with Gasteiger partial charge in [-0.05, 0) is 38.8 Å². The van der Waals surface area contributed by atoms with Gasteiger partial charge in [0, 0.05) is 19.8 Å². The van der Waals surface area contributed by atoms with Gasteiger partial charge in [-0.25, -0.2) is 0 Å². The predicted molar refractivity (Wildman–Crippen MR) is 59.5 cm³/mol. The molecule has 14 heavy (non-hydrogen) atoms. The van der Waals surface area contributed by atoms with Gasteiger partial charge in [-0.3, -0.25) is 0 Å². The van der Waals surface area contributed by atoms with Crippen LogP contribution in [0.4, 0.5) is 0 Å². The fourth-order valence-electron chi connectivity index (χ4n) is 1.13. The summed E-state index contributed by atoms with van der Waals surface area (Å²) in [6.07, 6.45) is 5.43. The molecule has 2 N–H and O–H groups in total. The zero-order valence-electron chi connectivity index (χ0n) is 9.43. The number of nitrogens with one attached hydrogen (secondary N) is 1. The van der Waals surface area contributed by atoms with Crippen molar-refractivity contribution in [2.75, 3.05) is 32.9 Å². The average molecular weight is 203 g/mol. The maximum atomic E-state index is 8.54. The van der Waals surface area contributed by atoms with Crippen LogP contribution in [0, 0.1) is 0 Å². The molecule has 0 saturated heterocycles. The molecule has 3 heteroatoms. The van der Waals surface area contributed by atoms with E-state index >= 15 is 0 Å². The molecule has 3 nitrogen and oxygen atoms in total. The molecule has 0 aromatic carbocycles.